The number of halogens is 1. The number of quaternary nitrogens is 1. The summed E-state index contributed by atoms with van der Waals surface area (Å²) in [5, 5.41) is 0. The molecule has 0 heterocycles. The van der Waals surface area contributed by atoms with Crippen LogP contribution < -0.4 is 12.4 Å². The van der Waals surface area contributed by atoms with Crippen molar-refractivity contribution in [2.24, 2.45) is 0 Å². The van der Waals surface area contributed by atoms with E-state index in [9.17, 15) is 4.79 Å². The molecule has 2 nitrogen and oxygen atoms in total. The number of likely N-dealkylation sites (N-methyl/N-ethyl adjacent to an activating group) is 1. The lowest BCUT2D eigenvalue weighted by atomic mass is 10.0. The maximum Gasteiger partial charge on any atom is 0.193 e. The van der Waals surface area contributed by atoms with E-state index in [1.807, 2.05) is 42.5 Å². The molecule has 112 valence electrons. The van der Waals surface area contributed by atoms with Crippen molar-refractivity contribution in [2.75, 3.05) is 27.7 Å². The Morgan fingerprint density at radius 3 is 1.90 bits per heavy atom. The molecule has 0 atom stereocenters. The number of nitrogens with zero attached hydrogens (tertiary/aromatic N) is 1. The molecule has 21 heavy (non-hydrogen) atoms. The zero-order valence-corrected chi connectivity index (χ0v) is 13.6. The van der Waals surface area contributed by atoms with Crippen molar-refractivity contribution in [2.45, 2.75) is 6.42 Å². The van der Waals surface area contributed by atoms with Crippen LogP contribution in [0.1, 0.15) is 21.5 Å². The van der Waals surface area contributed by atoms with Gasteiger partial charge in [0.2, 0.25) is 0 Å². The second kappa shape index (κ2) is 7.39. The van der Waals surface area contributed by atoms with Gasteiger partial charge in [-0.3, -0.25) is 4.79 Å². The highest BCUT2D eigenvalue weighted by atomic mass is 35.5. The molecule has 0 N–H and O–H groups in total. The van der Waals surface area contributed by atoms with Gasteiger partial charge in [-0.2, -0.15) is 0 Å². The summed E-state index contributed by atoms with van der Waals surface area (Å²) >= 11 is 0. The van der Waals surface area contributed by atoms with Crippen molar-refractivity contribution in [1.82, 2.24) is 0 Å². The fourth-order valence-corrected chi connectivity index (χ4v) is 2.04. The van der Waals surface area contributed by atoms with Crippen LogP contribution in [0.25, 0.3) is 0 Å². The molecular weight excluding hydrogens is 282 g/mol. The molecule has 0 unspecified atom stereocenters. The largest absolute Gasteiger partial charge is 1.00 e. The molecule has 0 radical (unpaired) electrons. The van der Waals surface area contributed by atoms with Crippen molar-refractivity contribution < 1.29 is 21.7 Å². The van der Waals surface area contributed by atoms with E-state index in [2.05, 4.69) is 33.3 Å². The van der Waals surface area contributed by atoms with Gasteiger partial charge in [-0.25, -0.2) is 0 Å². The van der Waals surface area contributed by atoms with Gasteiger partial charge in [0.05, 0.1) is 27.7 Å². The Morgan fingerprint density at radius 1 is 0.857 bits per heavy atom. The minimum Gasteiger partial charge on any atom is -1.00 e. The van der Waals surface area contributed by atoms with Crippen molar-refractivity contribution in [1.29, 1.82) is 0 Å². The molecule has 0 bridgehead atoms. The first-order chi connectivity index (χ1) is 9.46. The summed E-state index contributed by atoms with van der Waals surface area (Å²) in [5.74, 6) is 0.0868. The lowest BCUT2D eigenvalue weighted by Crippen LogP contribution is -3.00. The number of carbonyl (C=O) groups is 1. The number of carbonyl (C=O) groups excluding carboxylic acids is 1. The first-order valence-corrected chi connectivity index (χ1v) is 6.95. The van der Waals surface area contributed by atoms with E-state index in [4.69, 9.17) is 0 Å². The fourth-order valence-electron chi connectivity index (χ4n) is 2.04. The van der Waals surface area contributed by atoms with Crippen LogP contribution in [0.4, 0.5) is 0 Å². The number of rotatable bonds is 5. The molecule has 2 aromatic rings. The predicted molar refractivity (Wildman–Crippen MR) is 82.9 cm³/mol. The first-order valence-electron chi connectivity index (χ1n) is 6.95. The molecule has 0 amide bonds. The summed E-state index contributed by atoms with van der Waals surface area (Å²) in [5.41, 5.74) is 2.78. The van der Waals surface area contributed by atoms with Crippen molar-refractivity contribution in [3.8, 4) is 0 Å². The normalized spacial score (nSPS) is 10.8. The van der Waals surface area contributed by atoms with E-state index in [1.54, 1.807) is 0 Å². The van der Waals surface area contributed by atoms with E-state index in [1.165, 1.54) is 5.56 Å². The Kier molecular flexibility index (Phi) is 6.13. The number of benzene rings is 2. The average Bonchev–Trinajstić information content (AvgIpc) is 2.45. The molecule has 0 fully saturated rings. The summed E-state index contributed by atoms with van der Waals surface area (Å²) in [7, 11) is 6.56. The minimum absolute atomic E-state index is 0. The summed E-state index contributed by atoms with van der Waals surface area (Å²) in [4.78, 5) is 12.3. The van der Waals surface area contributed by atoms with Crippen molar-refractivity contribution in [3.63, 3.8) is 0 Å². The van der Waals surface area contributed by atoms with E-state index in [0.717, 1.165) is 28.6 Å². The van der Waals surface area contributed by atoms with Crippen LogP contribution in [0.3, 0.4) is 0 Å². The van der Waals surface area contributed by atoms with E-state index >= 15 is 0 Å². The molecular formula is C18H22ClNO. The third kappa shape index (κ3) is 5.33. The molecule has 0 spiro atoms. The number of hydrogen-bond donors (Lipinski definition) is 0. The standard InChI is InChI=1S/C18H22NO.ClH/c1-19(2,3)14-13-15-9-11-17(12-10-15)18(20)16-7-5-4-6-8-16;/h4-12H,13-14H2,1-3H3;1H/q+1;/p-1. The third-order valence-electron chi connectivity index (χ3n) is 3.32. The highest BCUT2D eigenvalue weighted by Gasteiger charge is 2.10. The maximum atomic E-state index is 12.3. The molecule has 0 saturated heterocycles. The monoisotopic (exact) mass is 303 g/mol. The number of hydrogen-bond acceptors (Lipinski definition) is 1. The summed E-state index contributed by atoms with van der Waals surface area (Å²) in [6.07, 6.45) is 1.03. The van der Waals surface area contributed by atoms with E-state index in [0.29, 0.717) is 0 Å². The van der Waals surface area contributed by atoms with E-state index in [-0.39, 0.29) is 18.2 Å². The predicted octanol–water partition coefficient (Wildman–Crippen LogP) is 0.170. The maximum absolute atomic E-state index is 12.3. The number of ketones is 1. The zero-order chi connectivity index (χ0) is 14.6. The van der Waals surface area contributed by atoms with Gasteiger partial charge in [-0.1, -0.05) is 54.6 Å². The van der Waals surface area contributed by atoms with Crippen LogP contribution in [-0.4, -0.2) is 38.0 Å². The smallest absolute Gasteiger partial charge is 0.193 e. The highest BCUT2D eigenvalue weighted by molar-refractivity contribution is 6.08. The van der Waals surface area contributed by atoms with Gasteiger partial charge in [0.25, 0.3) is 0 Å². The lowest BCUT2D eigenvalue weighted by Gasteiger charge is -2.23. The minimum atomic E-state index is 0. The Morgan fingerprint density at radius 2 is 1.38 bits per heavy atom. The molecule has 0 aliphatic rings. The zero-order valence-electron chi connectivity index (χ0n) is 12.8. The van der Waals surface area contributed by atoms with Gasteiger partial charge in [-0.15, -0.1) is 0 Å². The Labute approximate surface area is 133 Å². The second-order valence-corrected chi connectivity index (χ2v) is 6.16. The van der Waals surface area contributed by atoms with Gasteiger partial charge >= 0.3 is 0 Å². The van der Waals surface area contributed by atoms with Crippen LogP contribution in [0.5, 0.6) is 0 Å². The molecule has 2 rings (SSSR count). The Bertz CT molecular complexity index is 570. The summed E-state index contributed by atoms with van der Waals surface area (Å²) < 4.78 is 0.949. The lowest BCUT2D eigenvalue weighted by molar-refractivity contribution is -0.870. The topological polar surface area (TPSA) is 17.1 Å². The Balaban J connectivity index is 0.00000220. The SMILES string of the molecule is C[N+](C)(C)CCc1ccc(C(=O)c2ccccc2)cc1.[Cl-]. The molecule has 0 aliphatic carbocycles. The van der Waals surface area contributed by atoms with Gasteiger partial charge in [0.1, 0.15) is 0 Å². The Hall–Kier alpha value is -1.64. The molecule has 3 heteroatoms. The third-order valence-corrected chi connectivity index (χ3v) is 3.32. The highest BCUT2D eigenvalue weighted by Crippen LogP contribution is 2.12. The summed E-state index contributed by atoms with van der Waals surface area (Å²) in [6.45, 7) is 1.09. The van der Waals surface area contributed by atoms with Crippen LogP contribution in [0.2, 0.25) is 0 Å². The fraction of sp³-hybridized carbons (Fsp3) is 0.278. The first kappa shape index (κ1) is 17.4. The van der Waals surface area contributed by atoms with Crippen molar-refractivity contribution in [3.05, 3.63) is 71.3 Å². The van der Waals surface area contributed by atoms with Gasteiger partial charge < -0.3 is 16.9 Å². The quantitative estimate of drug-likeness (QED) is 0.568. The molecule has 0 aromatic heterocycles. The van der Waals surface area contributed by atoms with Gasteiger partial charge in [0, 0.05) is 17.5 Å². The molecule has 2 aromatic carbocycles. The van der Waals surface area contributed by atoms with Gasteiger partial charge in [-0.05, 0) is 5.56 Å². The van der Waals surface area contributed by atoms with E-state index < -0.39 is 0 Å². The van der Waals surface area contributed by atoms with Gasteiger partial charge in [0.15, 0.2) is 5.78 Å². The summed E-state index contributed by atoms with van der Waals surface area (Å²) in [6, 6.07) is 17.4. The van der Waals surface area contributed by atoms with Crippen LogP contribution in [0, 0.1) is 0 Å². The van der Waals surface area contributed by atoms with Crippen molar-refractivity contribution >= 4 is 5.78 Å². The molecule has 0 aliphatic heterocycles. The molecule has 0 saturated carbocycles. The van der Waals surface area contributed by atoms with Crippen LogP contribution >= 0.6 is 0 Å². The average molecular weight is 304 g/mol. The second-order valence-electron chi connectivity index (χ2n) is 6.16. The van der Waals surface area contributed by atoms with Crippen LogP contribution in [-0.2, 0) is 6.42 Å². The van der Waals surface area contributed by atoms with Crippen LogP contribution in [0.15, 0.2) is 54.6 Å².